The summed E-state index contributed by atoms with van der Waals surface area (Å²) in [5.41, 5.74) is 7.28. The van der Waals surface area contributed by atoms with Gasteiger partial charge in [0.2, 0.25) is 0 Å². The van der Waals surface area contributed by atoms with Crippen LogP contribution in [0.4, 0.5) is 5.69 Å². The molecule has 1 atom stereocenters. The van der Waals surface area contributed by atoms with Crippen LogP contribution in [0.3, 0.4) is 0 Å². The van der Waals surface area contributed by atoms with Crippen molar-refractivity contribution in [3.05, 3.63) is 23.8 Å². The standard InChI is InChI=1S/C13H21NO2S/c1-10-5-6-11(14)12(9-10)17(15)8-7-16-13(2,3)4/h5-6,9H,7-8,14H2,1-4H3. The molecule has 0 fully saturated rings. The molecule has 0 radical (unpaired) electrons. The molecule has 1 rings (SSSR count). The Morgan fingerprint density at radius 2 is 2.00 bits per heavy atom. The van der Waals surface area contributed by atoms with E-state index in [1.54, 1.807) is 6.07 Å². The van der Waals surface area contributed by atoms with Gasteiger partial charge >= 0.3 is 0 Å². The third-order valence-electron chi connectivity index (χ3n) is 2.22. The van der Waals surface area contributed by atoms with Gasteiger partial charge in [-0.25, -0.2) is 0 Å². The van der Waals surface area contributed by atoms with E-state index < -0.39 is 10.8 Å². The van der Waals surface area contributed by atoms with Crippen molar-refractivity contribution in [1.82, 2.24) is 0 Å². The number of nitrogens with two attached hydrogens (primary N) is 1. The van der Waals surface area contributed by atoms with Gasteiger partial charge < -0.3 is 10.5 Å². The summed E-state index contributed by atoms with van der Waals surface area (Å²) in [6, 6.07) is 5.59. The molecule has 0 heterocycles. The summed E-state index contributed by atoms with van der Waals surface area (Å²) < 4.78 is 17.6. The van der Waals surface area contributed by atoms with E-state index in [2.05, 4.69) is 0 Å². The first-order chi connectivity index (χ1) is 7.79. The largest absolute Gasteiger partial charge is 0.398 e. The van der Waals surface area contributed by atoms with Crippen LogP contribution in [0.25, 0.3) is 0 Å². The molecule has 1 unspecified atom stereocenters. The lowest BCUT2D eigenvalue weighted by atomic mass is 10.2. The second-order valence-corrected chi connectivity index (χ2v) is 6.59. The summed E-state index contributed by atoms with van der Waals surface area (Å²) in [6.07, 6.45) is 0. The van der Waals surface area contributed by atoms with Crippen molar-refractivity contribution in [2.75, 3.05) is 18.1 Å². The highest BCUT2D eigenvalue weighted by atomic mass is 32.2. The summed E-state index contributed by atoms with van der Waals surface area (Å²) in [5.74, 6) is 0.477. The van der Waals surface area contributed by atoms with E-state index in [0.29, 0.717) is 22.9 Å². The predicted molar refractivity (Wildman–Crippen MR) is 72.6 cm³/mol. The van der Waals surface area contributed by atoms with Gasteiger partial charge in [0, 0.05) is 5.69 Å². The highest BCUT2D eigenvalue weighted by Gasteiger charge is 2.12. The van der Waals surface area contributed by atoms with Gasteiger partial charge in [0.15, 0.2) is 0 Å². The average molecular weight is 255 g/mol. The average Bonchev–Trinajstić information content (AvgIpc) is 2.19. The van der Waals surface area contributed by atoms with Gasteiger partial charge in [-0.05, 0) is 45.4 Å². The van der Waals surface area contributed by atoms with Gasteiger partial charge in [-0.15, -0.1) is 0 Å². The molecule has 0 spiro atoms. The molecule has 17 heavy (non-hydrogen) atoms. The molecule has 4 heteroatoms. The highest BCUT2D eigenvalue weighted by molar-refractivity contribution is 7.85. The van der Waals surface area contributed by atoms with Crippen LogP contribution in [0.1, 0.15) is 26.3 Å². The Balaban J connectivity index is 2.61. The second-order valence-electron chi connectivity index (χ2n) is 5.05. The van der Waals surface area contributed by atoms with Crippen LogP contribution in [-0.2, 0) is 15.5 Å². The fourth-order valence-electron chi connectivity index (χ4n) is 1.37. The van der Waals surface area contributed by atoms with Crippen molar-refractivity contribution in [3.8, 4) is 0 Å². The molecule has 0 aliphatic heterocycles. The van der Waals surface area contributed by atoms with E-state index in [1.807, 2.05) is 39.8 Å². The summed E-state index contributed by atoms with van der Waals surface area (Å²) in [5, 5.41) is 0. The molecule has 0 saturated carbocycles. The zero-order chi connectivity index (χ0) is 13.1. The molecule has 96 valence electrons. The van der Waals surface area contributed by atoms with E-state index in [9.17, 15) is 4.21 Å². The zero-order valence-electron chi connectivity index (χ0n) is 10.9. The Kier molecular flexibility index (Phi) is 4.71. The zero-order valence-corrected chi connectivity index (χ0v) is 11.8. The number of anilines is 1. The SMILES string of the molecule is Cc1ccc(N)c(S(=O)CCOC(C)(C)C)c1. The molecule has 0 saturated heterocycles. The number of nitrogen functional groups attached to an aromatic ring is 1. The normalized spacial score (nSPS) is 13.6. The summed E-state index contributed by atoms with van der Waals surface area (Å²) in [6.45, 7) is 8.39. The van der Waals surface area contributed by atoms with Gasteiger partial charge in [0.1, 0.15) is 0 Å². The fraction of sp³-hybridized carbons (Fsp3) is 0.538. The minimum atomic E-state index is -1.09. The Morgan fingerprint density at radius 3 is 2.59 bits per heavy atom. The lowest BCUT2D eigenvalue weighted by Gasteiger charge is -2.19. The number of hydrogen-bond donors (Lipinski definition) is 1. The van der Waals surface area contributed by atoms with Crippen LogP contribution >= 0.6 is 0 Å². The monoisotopic (exact) mass is 255 g/mol. The fourth-order valence-corrected chi connectivity index (χ4v) is 2.48. The molecule has 1 aromatic carbocycles. The van der Waals surface area contributed by atoms with Crippen LogP contribution in [0.15, 0.2) is 23.1 Å². The predicted octanol–water partition coefficient (Wildman–Crippen LogP) is 2.50. The van der Waals surface area contributed by atoms with Crippen molar-refractivity contribution in [2.24, 2.45) is 0 Å². The third kappa shape index (κ3) is 4.88. The first-order valence-corrected chi connectivity index (χ1v) is 7.00. The number of aryl methyl sites for hydroxylation is 1. The first-order valence-electron chi connectivity index (χ1n) is 5.68. The smallest absolute Gasteiger partial charge is 0.0620 e. The highest BCUT2D eigenvalue weighted by Crippen LogP contribution is 2.18. The molecule has 0 aliphatic rings. The van der Waals surface area contributed by atoms with Crippen LogP contribution in [0, 0.1) is 6.92 Å². The van der Waals surface area contributed by atoms with E-state index >= 15 is 0 Å². The first kappa shape index (κ1) is 14.2. The summed E-state index contributed by atoms with van der Waals surface area (Å²) in [7, 11) is -1.09. The van der Waals surface area contributed by atoms with E-state index in [-0.39, 0.29) is 5.60 Å². The third-order valence-corrected chi connectivity index (χ3v) is 3.60. The Bertz CT molecular complexity index is 410. The lowest BCUT2D eigenvalue weighted by Crippen LogP contribution is -2.22. The molecule has 0 amide bonds. The van der Waals surface area contributed by atoms with Crippen LogP contribution < -0.4 is 5.73 Å². The number of ether oxygens (including phenoxy) is 1. The van der Waals surface area contributed by atoms with E-state index in [1.165, 1.54) is 0 Å². The van der Waals surface area contributed by atoms with Gasteiger partial charge in [-0.3, -0.25) is 4.21 Å². The summed E-state index contributed by atoms with van der Waals surface area (Å²) in [4.78, 5) is 0.711. The maximum absolute atomic E-state index is 12.1. The van der Waals surface area contributed by atoms with Crippen LogP contribution in [-0.4, -0.2) is 22.2 Å². The maximum atomic E-state index is 12.1. The van der Waals surface area contributed by atoms with E-state index in [4.69, 9.17) is 10.5 Å². The van der Waals surface area contributed by atoms with Crippen molar-refractivity contribution < 1.29 is 8.95 Å². The molecular formula is C13H21NO2S. The Hall–Kier alpha value is -0.870. The van der Waals surface area contributed by atoms with Gasteiger partial charge in [0.05, 0.1) is 33.7 Å². The van der Waals surface area contributed by atoms with Crippen LogP contribution in [0.5, 0.6) is 0 Å². The maximum Gasteiger partial charge on any atom is 0.0620 e. The number of hydrogen-bond acceptors (Lipinski definition) is 3. The van der Waals surface area contributed by atoms with Gasteiger partial charge in [-0.1, -0.05) is 6.07 Å². The van der Waals surface area contributed by atoms with Crippen molar-refractivity contribution in [3.63, 3.8) is 0 Å². The lowest BCUT2D eigenvalue weighted by molar-refractivity contribution is 0.00669. The van der Waals surface area contributed by atoms with Gasteiger partial charge in [0.25, 0.3) is 0 Å². The Labute approximate surface area is 106 Å². The van der Waals surface area contributed by atoms with Crippen molar-refractivity contribution in [1.29, 1.82) is 0 Å². The quantitative estimate of drug-likeness (QED) is 0.841. The van der Waals surface area contributed by atoms with Gasteiger partial charge in [-0.2, -0.15) is 0 Å². The topological polar surface area (TPSA) is 52.3 Å². The van der Waals surface area contributed by atoms with E-state index in [0.717, 1.165) is 5.56 Å². The summed E-state index contributed by atoms with van der Waals surface area (Å²) >= 11 is 0. The van der Waals surface area contributed by atoms with Crippen molar-refractivity contribution >= 4 is 16.5 Å². The molecule has 0 aromatic heterocycles. The number of rotatable bonds is 4. The molecular weight excluding hydrogens is 234 g/mol. The molecule has 0 aliphatic carbocycles. The molecule has 1 aromatic rings. The van der Waals surface area contributed by atoms with Crippen molar-refractivity contribution in [2.45, 2.75) is 38.2 Å². The molecule has 3 nitrogen and oxygen atoms in total. The molecule has 2 N–H and O–H groups in total. The Morgan fingerprint density at radius 1 is 1.35 bits per heavy atom. The molecule has 0 bridgehead atoms. The van der Waals surface area contributed by atoms with Crippen LogP contribution in [0.2, 0.25) is 0 Å². The minimum absolute atomic E-state index is 0.192. The minimum Gasteiger partial charge on any atom is -0.398 e. The number of benzene rings is 1. The second kappa shape index (κ2) is 5.65.